The van der Waals surface area contributed by atoms with Crippen LogP contribution in [0.1, 0.15) is 18.4 Å². The van der Waals surface area contributed by atoms with Crippen LogP contribution in [0.15, 0.2) is 30.9 Å². The summed E-state index contributed by atoms with van der Waals surface area (Å²) < 4.78 is 5.56. The Kier molecular flexibility index (Phi) is 5.09. The molecule has 1 rings (SSSR count). The fraction of sp³-hybridized carbons (Fsp3) is 0.333. The van der Waals surface area contributed by atoms with E-state index in [9.17, 15) is 0 Å². The summed E-state index contributed by atoms with van der Waals surface area (Å²) in [5.74, 6) is 0.786. The zero-order chi connectivity index (χ0) is 12.0. The number of hydrogen-bond donors (Lipinski definition) is 2. The maximum Gasteiger partial charge on any atom is 0.488 e. The smallest absolute Gasteiger partial charge is 0.488 e. The molecule has 0 spiro atoms. The lowest BCUT2D eigenvalue weighted by atomic mass is 9.79. The first-order chi connectivity index (χ1) is 7.65. The Bertz CT molecular complexity index is 350. The first-order valence-electron chi connectivity index (χ1n) is 5.35. The summed E-state index contributed by atoms with van der Waals surface area (Å²) in [7, 11) is -1.42. The lowest BCUT2D eigenvalue weighted by molar-refractivity contribution is 0.310. The average Bonchev–Trinajstić information content (AvgIpc) is 2.26. The molecule has 1 aromatic rings. The van der Waals surface area contributed by atoms with Crippen LogP contribution in [0.4, 0.5) is 0 Å². The summed E-state index contributed by atoms with van der Waals surface area (Å²) in [6.07, 6.45) is 3.74. The third kappa shape index (κ3) is 3.72. The Morgan fingerprint density at radius 1 is 1.44 bits per heavy atom. The molecule has 0 amide bonds. The molecule has 0 aliphatic heterocycles. The number of hydrogen-bond acceptors (Lipinski definition) is 3. The lowest BCUT2D eigenvalue weighted by Gasteiger charge is -2.10. The minimum Gasteiger partial charge on any atom is -0.493 e. The quantitative estimate of drug-likeness (QED) is 0.427. The highest BCUT2D eigenvalue weighted by Crippen LogP contribution is 2.15. The molecule has 1 aromatic carbocycles. The molecule has 0 heterocycles. The highest BCUT2D eigenvalue weighted by atomic mass is 16.5. The largest absolute Gasteiger partial charge is 0.493 e. The molecule has 0 unspecified atom stereocenters. The summed E-state index contributed by atoms with van der Waals surface area (Å²) in [5, 5.41) is 18.0. The molecule has 16 heavy (non-hydrogen) atoms. The SMILES string of the molecule is C=CCCCOc1ccc(B(O)O)cc1C. The molecular weight excluding hydrogens is 203 g/mol. The van der Waals surface area contributed by atoms with Crippen molar-refractivity contribution >= 4 is 12.6 Å². The molecule has 86 valence electrons. The van der Waals surface area contributed by atoms with E-state index in [-0.39, 0.29) is 0 Å². The van der Waals surface area contributed by atoms with Crippen molar-refractivity contribution in [3.05, 3.63) is 36.4 Å². The van der Waals surface area contributed by atoms with Crippen LogP contribution in [0.5, 0.6) is 5.75 Å². The van der Waals surface area contributed by atoms with E-state index in [1.54, 1.807) is 18.2 Å². The van der Waals surface area contributed by atoms with Crippen LogP contribution in [0, 0.1) is 6.92 Å². The minimum absolute atomic E-state index is 0.482. The molecule has 0 aliphatic carbocycles. The summed E-state index contributed by atoms with van der Waals surface area (Å²) in [4.78, 5) is 0. The van der Waals surface area contributed by atoms with Gasteiger partial charge in [-0.15, -0.1) is 6.58 Å². The van der Waals surface area contributed by atoms with E-state index < -0.39 is 7.12 Å². The van der Waals surface area contributed by atoms with Crippen LogP contribution in [0.3, 0.4) is 0 Å². The Morgan fingerprint density at radius 2 is 2.19 bits per heavy atom. The standard InChI is InChI=1S/C12H17BO3/c1-3-4-5-8-16-12-7-6-11(13(14)15)9-10(12)2/h3,6-7,9,14-15H,1,4-5,8H2,2H3. The Morgan fingerprint density at radius 3 is 2.75 bits per heavy atom. The zero-order valence-electron chi connectivity index (χ0n) is 9.52. The predicted molar refractivity (Wildman–Crippen MR) is 65.9 cm³/mol. The van der Waals surface area contributed by atoms with Gasteiger partial charge in [-0.25, -0.2) is 0 Å². The first-order valence-corrected chi connectivity index (χ1v) is 5.35. The van der Waals surface area contributed by atoms with Crippen molar-refractivity contribution in [2.24, 2.45) is 0 Å². The van der Waals surface area contributed by atoms with E-state index in [4.69, 9.17) is 14.8 Å². The third-order valence-electron chi connectivity index (χ3n) is 2.31. The Labute approximate surface area is 96.5 Å². The lowest BCUT2D eigenvalue weighted by Crippen LogP contribution is -2.29. The minimum atomic E-state index is -1.42. The molecule has 0 aromatic heterocycles. The van der Waals surface area contributed by atoms with Gasteiger partial charge in [-0.1, -0.05) is 18.2 Å². The van der Waals surface area contributed by atoms with Crippen molar-refractivity contribution in [2.75, 3.05) is 6.61 Å². The van der Waals surface area contributed by atoms with Gasteiger partial charge in [0, 0.05) is 0 Å². The van der Waals surface area contributed by atoms with Gasteiger partial charge in [0.1, 0.15) is 5.75 Å². The van der Waals surface area contributed by atoms with Crippen LogP contribution < -0.4 is 10.2 Å². The van der Waals surface area contributed by atoms with Crippen molar-refractivity contribution in [2.45, 2.75) is 19.8 Å². The van der Waals surface area contributed by atoms with E-state index in [2.05, 4.69) is 6.58 Å². The van der Waals surface area contributed by atoms with Crippen molar-refractivity contribution < 1.29 is 14.8 Å². The topological polar surface area (TPSA) is 49.7 Å². The van der Waals surface area contributed by atoms with Crippen LogP contribution in [-0.2, 0) is 0 Å². The van der Waals surface area contributed by atoms with Crippen molar-refractivity contribution in [3.8, 4) is 5.75 Å². The van der Waals surface area contributed by atoms with Gasteiger partial charge < -0.3 is 14.8 Å². The number of unbranched alkanes of at least 4 members (excludes halogenated alkanes) is 1. The zero-order valence-corrected chi connectivity index (χ0v) is 9.52. The molecule has 0 atom stereocenters. The normalized spacial score (nSPS) is 9.94. The van der Waals surface area contributed by atoms with E-state index in [1.165, 1.54) is 0 Å². The van der Waals surface area contributed by atoms with E-state index in [1.807, 2.05) is 13.0 Å². The first kappa shape index (κ1) is 12.8. The van der Waals surface area contributed by atoms with Crippen LogP contribution in [-0.4, -0.2) is 23.8 Å². The van der Waals surface area contributed by atoms with Crippen molar-refractivity contribution in [3.63, 3.8) is 0 Å². The number of aryl methyl sites for hydroxylation is 1. The Hall–Kier alpha value is -1.26. The van der Waals surface area contributed by atoms with E-state index >= 15 is 0 Å². The van der Waals surface area contributed by atoms with Crippen molar-refractivity contribution in [1.29, 1.82) is 0 Å². The number of rotatable bonds is 6. The highest BCUT2D eigenvalue weighted by molar-refractivity contribution is 6.58. The summed E-state index contributed by atoms with van der Waals surface area (Å²) in [6, 6.07) is 5.13. The van der Waals surface area contributed by atoms with E-state index in [0.29, 0.717) is 12.1 Å². The van der Waals surface area contributed by atoms with Crippen LogP contribution in [0.25, 0.3) is 0 Å². The summed E-state index contributed by atoms with van der Waals surface area (Å²) in [6.45, 7) is 6.17. The molecular formula is C12H17BO3. The summed E-state index contributed by atoms with van der Waals surface area (Å²) >= 11 is 0. The van der Waals surface area contributed by atoms with Gasteiger partial charge in [-0.2, -0.15) is 0 Å². The van der Waals surface area contributed by atoms with Crippen LogP contribution in [0.2, 0.25) is 0 Å². The molecule has 3 nitrogen and oxygen atoms in total. The third-order valence-corrected chi connectivity index (χ3v) is 2.31. The van der Waals surface area contributed by atoms with Crippen molar-refractivity contribution in [1.82, 2.24) is 0 Å². The van der Waals surface area contributed by atoms with E-state index in [0.717, 1.165) is 24.2 Å². The van der Waals surface area contributed by atoms with Gasteiger partial charge in [0.15, 0.2) is 0 Å². The number of ether oxygens (including phenoxy) is 1. The highest BCUT2D eigenvalue weighted by Gasteiger charge is 2.11. The second-order valence-electron chi connectivity index (χ2n) is 3.68. The molecule has 2 N–H and O–H groups in total. The van der Waals surface area contributed by atoms with Crippen LogP contribution >= 0.6 is 0 Å². The van der Waals surface area contributed by atoms with Gasteiger partial charge in [-0.3, -0.25) is 0 Å². The Balaban J connectivity index is 2.57. The fourth-order valence-corrected chi connectivity index (χ4v) is 1.40. The predicted octanol–water partition coefficient (Wildman–Crippen LogP) is 1.02. The fourth-order valence-electron chi connectivity index (χ4n) is 1.40. The molecule has 0 aliphatic rings. The second-order valence-corrected chi connectivity index (χ2v) is 3.68. The molecule has 0 bridgehead atoms. The van der Waals surface area contributed by atoms with Gasteiger partial charge in [0.25, 0.3) is 0 Å². The monoisotopic (exact) mass is 220 g/mol. The molecule has 0 saturated heterocycles. The second kappa shape index (κ2) is 6.35. The number of benzene rings is 1. The summed E-state index contributed by atoms with van der Waals surface area (Å²) in [5.41, 5.74) is 1.39. The number of allylic oxidation sites excluding steroid dienone is 1. The molecule has 0 saturated carbocycles. The molecule has 4 heteroatoms. The maximum atomic E-state index is 8.99. The van der Waals surface area contributed by atoms with Gasteiger partial charge in [0.2, 0.25) is 0 Å². The average molecular weight is 220 g/mol. The van der Waals surface area contributed by atoms with Gasteiger partial charge in [0.05, 0.1) is 6.61 Å². The van der Waals surface area contributed by atoms with Gasteiger partial charge >= 0.3 is 7.12 Å². The molecule has 0 fully saturated rings. The van der Waals surface area contributed by atoms with Gasteiger partial charge in [-0.05, 0) is 36.9 Å². The molecule has 0 radical (unpaired) electrons. The maximum absolute atomic E-state index is 8.99.